The van der Waals surface area contributed by atoms with Crippen LogP contribution in [0.2, 0.25) is 0 Å². The molecule has 0 aliphatic carbocycles. The van der Waals surface area contributed by atoms with Crippen LogP contribution in [0.15, 0.2) is 24.3 Å². The summed E-state index contributed by atoms with van der Waals surface area (Å²) in [5.41, 5.74) is 1.42. The summed E-state index contributed by atoms with van der Waals surface area (Å²) in [6.07, 6.45) is 1.28. The standard InChI is InChI=1S/C13H18INO/c1-16-10-12-6-7-15(9-12)8-11-2-4-13(14)5-3-11/h2-5,12H,6-10H2,1H3. The highest BCUT2D eigenvalue weighted by Crippen LogP contribution is 2.19. The summed E-state index contributed by atoms with van der Waals surface area (Å²) in [5.74, 6) is 0.730. The molecule has 0 spiro atoms. The zero-order valence-electron chi connectivity index (χ0n) is 9.66. The Morgan fingerprint density at radius 3 is 2.81 bits per heavy atom. The summed E-state index contributed by atoms with van der Waals surface area (Å²) in [4.78, 5) is 2.52. The average Bonchev–Trinajstić information content (AvgIpc) is 2.70. The summed E-state index contributed by atoms with van der Waals surface area (Å²) >= 11 is 2.35. The Kier molecular flexibility index (Phi) is 4.61. The van der Waals surface area contributed by atoms with Crippen molar-refractivity contribution < 1.29 is 4.74 Å². The van der Waals surface area contributed by atoms with E-state index in [1.54, 1.807) is 7.11 Å². The molecule has 1 aliphatic rings. The molecule has 1 unspecified atom stereocenters. The third kappa shape index (κ3) is 3.43. The highest BCUT2D eigenvalue weighted by atomic mass is 127. The van der Waals surface area contributed by atoms with Crippen molar-refractivity contribution in [1.29, 1.82) is 0 Å². The lowest BCUT2D eigenvalue weighted by Crippen LogP contribution is -2.21. The second kappa shape index (κ2) is 5.98. The van der Waals surface area contributed by atoms with Crippen LogP contribution in [0.3, 0.4) is 0 Å². The molecule has 1 heterocycles. The first-order valence-corrected chi connectivity index (χ1v) is 6.81. The fourth-order valence-electron chi connectivity index (χ4n) is 2.28. The van der Waals surface area contributed by atoms with E-state index in [0.717, 1.165) is 19.1 Å². The quantitative estimate of drug-likeness (QED) is 0.787. The minimum atomic E-state index is 0.730. The van der Waals surface area contributed by atoms with Gasteiger partial charge in [-0.15, -0.1) is 0 Å². The van der Waals surface area contributed by atoms with E-state index in [2.05, 4.69) is 51.8 Å². The lowest BCUT2D eigenvalue weighted by atomic mass is 10.1. The summed E-state index contributed by atoms with van der Waals surface area (Å²) in [6.45, 7) is 4.38. The molecule has 2 rings (SSSR count). The molecule has 1 aromatic carbocycles. The van der Waals surface area contributed by atoms with Crippen LogP contribution >= 0.6 is 22.6 Å². The highest BCUT2D eigenvalue weighted by molar-refractivity contribution is 14.1. The fraction of sp³-hybridized carbons (Fsp3) is 0.538. The molecule has 0 saturated carbocycles. The molecule has 1 aliphatic heterocycles. The molecule has 16 heavy (non-hydrogen) atoms. The Morgan fingerprint density at radius 1 is 1.38 bits per heavy atom. The molecular weight excluding hydrogens is 313 g/mol. The maximum Gasteiger partial charge on any atom is 0.0503 e. The number of benzene rings is 1. The van der Waals surface area contributed by atoms with E-state index in [1.165, 1.54) is 28.6 Å². The maximum absolute atomic E-state index is 5.21. The second-order valence-corrected chi connectivity index (χ2v) is 5.72. The first-order chi connectivity index (χ1) is 7.78. The molecule has 2 nitrogen and oxygen atoms in total. The molecule has 0 radical (unpaired) electrons. The van der Waals surface area contributed by atoms with Gasteiger partial charge in [-0.3, -0.25) is 4.90 Å². The Bertz CT molecular complexity index is 325. The summed E-state index contributed by atoms with van der Waals surface area (Å²) in [6, 6.07) is 8.81. The molecule has 1 aromatic rings. The summed E-state index contributed by atoms with van der Waals surface area (Å²) in [5, 5.41) is 0. The van der Waals surface area contributed by atoms with Crippen LogP contribution in [0.25, 0.3) is 0 Å². The number of halogens is 1. The lowest BCUT2D eigenvalue weighted by molar-refractivity contribution is 0.152. The third-order valence-corrected chi connectivity index (χ3v) is 3.81. The van der Waals surface area contributed by atoms with E-state index in [-0.39, 0.29) is 0 Å². The van der Waals surface area contributed by atoms with Crippen molar-refractivity contribution in [3.63, 3.8) is 0 Å². The van der Waals surface area contributed by atoms with Crippen molar-refractivity contribution in [1.82, 2.24) is 4.90 Å². The van der Waals surface area contributed by atoms with Crippen LogP contribution in [-0.2, 0) is 11.3 Å². The Hall–Kier alpha value is -0.130. The van der Waals surface area contributed by atoms with Gasteiger partial charge in [-0.1, -0.05) is 12.1 Å². The highest BCUT2D eigenvalue weighted by Gasteiger charge is 2.21. The predicted octanol–water partition coefficient (Wildman–Crippen LogP) is 2.76. The maximum atomic E-state index is 5.21. The predicted molar refractivity (Wildman–Crippen MR) is 74.4 cm³/mol. The van der Waals surface area contributed by atoms with Crippen LogP contribution in [0.5, 0.6) is 0 Å². The average molecular weight is 331 g/mol. The Morgan fingerprint density at radius 2 is 2.12 bits per heavy atom. The Labute approximate surface area is 111 Å². The molecule has 3 heteroatoms. The van der Waals surface area contributed by atoms with Gasteiger partial charge in [0.1, 0.15) is 0 Å². The van der Waals surface area contributed by atoms with Gasteiger partial charge in [-0.2, -0.15) is 0 Å². The molecule has 0 N–H and O–H groups in total. The first-order valence-electron chi connectivity index (χ1n) is 5.73. The smallest absolute Gasteiger partial charge is 0.0503 e. The zero-order valence-corrected chi connectivity index (χ0v) is 11.8. The fourth-order valence-corrected chi connectivity index (χ4v) is 2.64. The zero-order chi connectivity index (χ0) is 11.4. The van der Waals surface area contributed by atoms with E-state index >= 15 is 0 Å². The van der Waals surface area contributed by atoms with E-state index in [9.17, 15) is 0 Å². The van der Waals surface area contributed by atoms with E-state index in [0.29, 0.717) is 0 Å². The molecule has 1 fully saturated rings. The molecule has 0 bridgehead atoms. The van der Waals surface area contributed by atoms with Crippen molar-refractivity contribution >= 4 is 22.6 Å². The summed E-state index contributed by atoms with van der Waals surface area (Å²) < 4.78 is 6.52. The summed E-state index contributed by atoms with van der Waals surface area (Å²) in [7, 11) is 1.79. The third-order valence-electron chi connectivity index (χ3n) is 3.09. The topological polar surface area (TPSA) is 12.5 Å². The van der Waals surface area contributed by atoms with Gasteiger partial charge in [-0.05, 0) is 59.2 Å². The van der Waals surface area contributed by atoms with Gasteiger partial charge in [0, 0.05) is 23.8 Å². The number of hydrogen-bond donors (Lipinski definition) is 0. The SMILES string of the molecule is COCC1CCN(Cc2ccc(I)cc2)C1. The van der Waals surface area contributed by atoms with E-state index in [1.807, 2.05) is 0 Å². The number of nitrogens with zero attached hydrogens (tertiary/aromatic N) is 1. The molecule has 0 amide bonds. The van der Waals surface area contributed by atoms with Crippen LogP contribution < -0.4 is 0 Å². The van der Waals surface area contributed by atoms with Gasteiger partial charge < -0.3 is 4.74 Å². The number of methoxy groups -OCH3 is 1. The van der Waals surface area contributed by atoms with Gasteiger partial charge in [0.25, 0.3) is 0 Å². The monoisotopic (exact) mass is 331 g/mol. The van der Waals surface area contributed by atoms with Crippen molar-refractivity contribution in [2.45, 2.75) is 13.0 Å². The number of likely N-dealkylation sites (tertiary alicyclic amines) is 1. The molecule has 1 saturated heterocycles. The van der Waals surface area contributed by atoms with Crippen LogP contribution in [0.1, 0.15) is 12.0 Å². The van der Waals surface area contributed by atoms with Gasteiger partial charge in [0.15, 0.2) is 0 Å². The lowest BCUT2D eigenvalue weighted by Gasteiger charge is -2.15. The molecular formula is C13H18INO. The number of hydrogen-bond acceptors (Lipinski definition) is 2. The molecule has 0 aromatic heterocycles. The largest absolute Gasteiger partial charge is 0.384 e. The van der Waals surface area contributed by atoms with Crippen LogP contribution in [0.4, 0.5) is 0 Å². The first kappa shape index (κ1) is 12.3. The second-order valence-electron chi connectivity index (χ2n) is 4.47. The van der Waals surface area contributed by atoms with Gasteiger partial charge in [-0.25, -0.2) is 0 Å². The number of ether oxygens (including phenoxy) is 1. The minimum absolute atomic E-state index is 0.730. The minimum Gasteiger partial charge on any atom is -0.384 e. The van der Waals surface area contributed by atoms with Crippen LogP contribution in [-0.4, -0.2) is 31.7 Å². The van der Waals surface area contributed by atoms with Crippen molar-refractivity contribution in [3.8, 4) is 0 Å². The van der Waals surface area contributed by atoms with Crippen molar-refractivity contribution in [2.24, 2.45) is 5.92 Å². The normalized spacial score (nSPS) is 21.5. The van der Waals surface area contributed by atoms with Gasteiger partial charge in [0.2, 0.25) is 0 Å². The Balaban J connectivity index is 1.84. The van der Waals surface area contributed by atoms with E-state index in [4.69, 9.17) is 4.74 Å². The molecule has 1 atom stereocenters. The van der Waals surface area contributed by atoms with Gasteiger partial charge in [0.05, 0.1) is 6.61 Å². The van der Waals surface area contributed by atoms with Crippen molar-refractivity contribution in [2.75, 3.05) is 26.8 Å². The van der Waals surface area contributed by atoms with E-state index < -0.39 is 0 Å². The molecule has 88 valence electrons. The van der Waals surface area contributed by atoms with Crippen molar-refractivity contribution in [3.05, 3.63) is 33.4 Å². The number of rotatable bonds is 4. The van der Waals surface area contributed by atoms with Gasteiger partial charge >= 0.3 is 0 Å². The van der Waals surface area contributed by atoms with Crippen LogP contribution in [0, 0.1) is 9.49 Å².